The predicted octanol–water partition coefficient (Wildman–Crippen LogP) is 3.08. The molecule has 1 aliphatic heterocycles. The number of nitrogens with zero attached hydrogens (tertiary/aromatic N) is 4. The van der Waals surface area contributed by atoms with Gasteiger partial charge in [-0.05, 0) is 36.5 Å². The maximum Gasteiger partial charge on any atom is 0.276 e. The van der Waals surface area contributed by atoms with Gasteiger partial charge in [-0.15, -0.1) is 0 Å². The standard InChI is InChI=1S/C16H20N4OS2/c1-19(12-4-3-7-17-10-12)15(21)14-11-18-16(20(14)2)23-13-5-8-22-9-6-13/h3-4,7,10-11,13H,5-6,8-9H2,1-2H3. The Morgan fingerprint density at radius 3 is 2.87 bits per heavy atom. The van der Waals surface area contributed by atoms with E-state index >= 15 is 0 Å². The van der Waals surface area contributed by atoms with Gasteiger partial charge in [0.05, 0.1) is 18.1 Å². The van der Waals surface area contributed by atoms with Gasteiger partial charge in [0.25, 0.3) is 5.91 Å². The molecule has 2 aromatic heterocycles. The summed E-state index contributed by atoms with van der Waals surface area (Å²) in [4.78, 5) is 22.8. The molecule has 1 fully saturated rings. The normalized spacial score (nSPS) is 15.6. The number of thioether (sulfide) groups is 2. The van der Waals surface area contributed by atoms with Crippen molar-refractivity contribution in [2.45, 2.75) is 23.2 Å². The first-order chi connectivity index (χ1) is 11.2. The molecule has 0 spiro atoms. The SMILES string of the molecule is CN(C(=O)c1cnc(SC2CCSCC2)n1C)c1cccnc1. The second-order valence-electron chi connectivity index (χ2n) is 5.49. The second-order valence-corrected chi connectivity index (χ2v) is 7.98. The van der Waals surface area contributed by atoms with Gasteiger partial charge in [0, 0.05) is 25.5 Å². The van der Waals surface area contributed by atoms with Gasteiger partial charge in [-0.2, -0.15) is 11.8 Å². The summed E-state index contributed by atoms with van der Waals surface area (Å²) < 4.78 is 1.90. The molecule has 5 nitrogen and oxygen atoms in total. The number of carbonyl (C=O) groups excluding carboxylic acids is 1. The highest BCUT2D eigenvalue weighted by Gasteiger charge is 2.22. The molecular weight excluding hydrogens is 328 g/mol. The van der Waals surface area contributed by atoms with Crippen LogP contribution in [0.4, 0.5) is 5.69 Å². The largest absolute Gasteiger partial charge is 0.318 e. The molecule has 122 valence electrons. The van der Waals surface area contributed by atoms with Gasteiger partial charge in [-0.1, -0.05) is 11.8 Å². The van der Waals surface area contributed by atoms with Crippen LogP contribution in [0.3, 0.4) is 0 Å². The number of aromatic nitrogens is 3. The minimum absolute atomic E-state index is 0.0703. The van der Waals surface area contributed by atoms with Crippen LogP contribution in [0.1, 0.15) is 23.3 Å². The third kappa shape index (κ3) is 3.72. The molecule has 0 unspecified atom stereocenters. The molecule has 3 heterocycles. The van der Waals surface area contributed by atoms with Crippen LogP contribution in [-0.2, 0) is 7.05 Å². The molecule has 0 N–H and O–H groups in total. The van der Waals surface area contributed by atoms with Gasteiger partial charge >= 0.3 is 0 Å². The molecule has 0 saturated carbocycles. The van der Waals surface area contributed by atoms with Gasteiger partial charge in [-0.25, -0.2) is 4.98 Å². The number of pyridine rings is 1. The smallest absolute Gasteiger partial charge is 0.276 e. The highest BCUT2D eigenvalue weighted by molar-refractivity contribution is 8.01. The van der Waals surface area contributed by atoms with Gasteiger partial charge in [0.15, 0.2) is 5.16 Å². The van der Waals surface area contributed by atoms with Gasteiger partial charge in [0.2, 0.25) is 0 Å². The van der Waals surface area contributed by atoms with E-state index in [0.717, 1.165) is 10.8 Å². The van der Waals surface area contributed by atoms with Crippen LogP contribution in [-0.4, -0.2) is 44.2 Å². The predicted molar refractivity (Wildman–Crippen MR) is 96.4 cm³/mol. The van der Waals surface area contributed by atoms with E-state index in [0.29, 0.717) is 10.9 Å². The van der Waals surface area contributed by atoms with E-state index in [1.54, 1.807) is 42.3 Å². The topological polar surface area (TPSA) is 51.0 Å². The number of amides is 1. The van der Waals surface area contributed by atoms with Crippen molar-refractivity contribution < 1.29 is 4.79 Å². The zero-order chi connectivity index (χ0) is 16.2. The van der Waals surface area contributed by atoms with Crippen LogP contribution in [0.5, 0.6) is 0 Å². The molecule has 3 rings (SSSR count). The average molecular weight is 348 g/mol. The first-order valence-electron chi connectivity index (χ1n) is 7.61. The number of rotatable bonds is 4. The van der Waals surface area contributed by atoms with Crippen LogP contribution in [0.15, 0.2) is 35.9 Å². The fraction of sp³-hybridized carbons (Fsp3) is 0.438. The molecule has 0 atom stereocenters. The fourth-order valence-corrected chi connectivity index (χ4v) is 5.03. The molecule has 0 radical (unpaired) electrons. The Morgan fingerprint density at radius 2 is 2.17 bits per heavy atom. The number of carbonyl (C=O) groups is 1. The van der Waals surface area contributed by atoms with E-state index in [1.807, 2.05) is 35.5 Å². The Kier molecular flexibility index (Phi) is 5.27. The van der Waals surface area contributed by atoms with E-state index in [9.17, 15) is 4.79 Å². The minimum Gasteiger partial charge on any atom is -0.318 e. The third-order valence-corrected chi connectivity index (χ3v) is 6.39. The minimum atomic E-state index is -0.0703. The van der Waals surface area contributed by atoms with Crippen LogP contribution in [0, 0.1) is 0 Å². The molecule has 0 bridgehead atoms. The summed E-state index contributed by atoms with van der Waals surface area (Å²) in [7, 11) is 3.68. The lowest BCUT2D eigenvalue weighted by Gasteiger charge is -2.20. The van der Waals surface area contributed by atoms with Crippen LogP contribution >= 0.6 is 23.5 Å². The van der Waals surface area contributed by atoms with Crippen molar-refractivity contribution in [3.05, 3.63) is 36.4 Å². The van der Waals surface area contributed by atoms with Crippen LogP contribution < -0.4 is 4.90 Å². The van der Waals surface area contributed by atoms with E-state index in [-0.39, 0.29) is 5.91 Å². The van der Waals surface area contributed by atoms with Crippen molar-refractivity contribution in [1.82, 2.24) is 14.5 Å². The van der Waals surface area contributed by atoms with Crippen molar-refractivity contribution in [1.29, 1.82) is 0 Å². The van der Waals surface area contributed by atoms with Crippen molar-refractivity contribution in [3.63, 3.8) is 0 Å². The van der Waals surface area contributed by atoms with Crippen LogP contribution in [0.25, 0.3) is 0 Å². The van der Waals surface area contributed by atoms with Gasteiger partial charge in [-0.3, -0.25) is 9.78 Å². The molecule has 1 saturated heterocycles. The summed E-state index contributed by atoms with van der Waals surface area (Å²) in [5.41, 5.74) is 1.38. The average Bonchev–Trinajstić information content (AvgIpc) is 2.96. The zero-order valence-corrected chi connectivity index (χ0v) is 14.9. The maximum absolute atomic E-state index is 12.7. The Bertz CT molecular complexity index is 668. The van der Waals surface area contributed by atoms with Crippen molar-refractivity contribution >= 4 is 35.1 Å². The molecule has 7 heteroatoms. The first-order valence-corrected chi connectivity index (χ1v) is 9.64. The number of hydrogen-bond acceptors (Lipinski definition) is 5. The molecule has 2 aromatic rings. The molecule has 0 aliphatic carbocycles. The molecule has 1 aliphatic rings. The lowest BCUT2D eigenvalue weighted by atomic mass is 10.2. The maximum atomic E-state index is 12.7. The summed E-state index contributed by atoms with van der Waals surface area (Å²) in [6.07, 6.45) is 7.48. The van der Waals surface area contributed by atoms with E-state index < -0.39 is 0 Å². The summed E-state index contributed by atoms with van der Waals surface area (Å²) in [5, 5.41) is 1.53. The molecule has 0 aromatic carbocycles. The lowest BCUT2D eigenvalue weighted by molar-refractivity contribution is 0.0984. The van der Waals surface area contributed by atoms with Gasteiger partial charge in [0.1, 0.15) is 5.69 Å². The Hall–Kier alpha value is -1.47. The number of hydrogen-bond donors (Lipinski definition) is 0. The van der Waals surface area contributed by atoms with Crippen LogP contribution in [0.2, 0.25) is 0 Å². The van der Waals surface area contributed by atoms with Crippen molar-refractivity contribution in [2.24, 2.45) is 7.05 Å². The molecule has 23 heavy (non-hydrogen) atoms. The molecule has 1 amide bonds. The van der Waals surface area contributed by atoms with E-state index in [1.165, 1.54) is 24.3 Å². The Labute approximate surface area is 144 Å². The highest BCUT2D eigenvalue weighted by Crippen LogP contribution is 2.32. The monoisotopic (exact) mass is 348 g/mol. The number of anilines is 1. The number of imidazole rings is 1. The van der Waals surface area contributed by atoms with Crippen molar-refractivity contribution in [2.75, 3.05) is 23.5 Å². The zero-order valence-electron chi connectivity index (χ0n) is 13.3. The van der Waals surface area contributed by atoms with Gasteiger partial charge < -0.3 is 9.47 Å². The summed E-state index contributed by atoms with van der Waals surface area (Å²) in [5.74, 6) is 2.37. The summed E-state index contributed by atoms with van der Waals surface area (Å²) in [6.45, 7) is 0. The lowest BCUT2D eigenvalue weighted by Crippen LogP contribution is -2.28. The Balaban J connectivity index is 1.74. The quantitative estimate of drug-likeness (QED) is 0.850. The fourth-order valence-electron chi connectivity index (χ4n) is 2.48. The summed E-state index contributed by atoms with van der Waals surface area (Å²) in [6, 6.07) is 3.70. The highest BCUT2D eigenvalue weighted by atomic mass is 32.2. The first kappa shape index (κ1) is 16.4. The molecular formula is C16H20N4OS2. The van der Waals surface area contributed by atoms with Crippen molar-refractivity contribution in [3.8, 4) is 0 Å². The second kappa shape index (κ2) is 7.40. The summed E-state index contributed by atoms with van der Waals surface area (Å²) >= 11 is 3.81. The van der Waals surface area contributed by atoms with E-state index in [2.05, 4.69) is 9.97 Å². The third-order valence-electron chi connectivity index (χ3n) is 3.94. The Morgan fingerprint density at radius 1 is 1.39 bits per heavy atom. The van der Waals surface area contributed by atoms with E-state index in [4.69, 9.17) is 0 Å².